The van der Waals surface area contributed by atoms with Gasteiger partial charge in [0, 0.05) is 26.2 Å². The second-order valence-electron chi connectivity index (χ2n) is 12.8. The van der Waals surface area contributed by atoms with Crippen LogP contribution in [0.25, 0.3) is 0 Å². The van der Waals surface area contributed by atoms with Gasteiger partial charge in [-0.05, 0) is 74.9 Å². The molecule has 0 saturated carbocycles. The van der Waals surface area contributed by atoms with Crippen LogP contribution in [0.2, 0.25) is 0 Å². The van der Waals surface area contributed by atoms with E-state index >= 15 is 0 Å². The number of unbranched alkanes of at least 4 members (excludes halogenated alkanes) is 3. The van der Waals surface area contributed by atoms with Crippen molar-refractivity contribution in [1.82, 2.24) is 58.7 Å². The highest BCUT2D eigenvalue weighted by Crippen LogP contribution is 2.14. The van der Waals surface area contributed by atoms with Crippen molar-refractivity contribution >= 4 is 0 Å². The standard InChI is InChI=1S/C36H46N12O4/c1-27-39-47(35(49)45(27)21-17-29-9-13-33(51-3)14-10-29)25-31-23-43(41-37-31)19-7-5-6-8-20-44-24-32(38-42-44)26-48-36(50)46(28(2)40-48)22-18-30-11-15-34(52-4)16-12-30/h9-16,23-24H,5-8,17-22,25-26H2,1-4H3. The van der Waals surface area contributed by atoms with E-state index in [0.29, 0.717) is 36.1 Å². The van der Waals surface area contributed by atoms with E-state index in [1.54, 1.807) is 23.4 Å². The lowest BCUT2D eigenvalue weighted by Crippen LogP contribution is -2.26. The molecule has 0 aliphatic carbocycles. The topological polar surface area (TPSA) is 160 Å². The van der Waals surface area contributed by atoms with Gasteiger partial charge in [0.05, 0.1) is 39.7 Å². The minimum atomic E-state index is -0.156. The lowest BCUT2D eigenvalue weighted by molar-refractivity contribution is 0.414. The lowest BCUT2D eigenvalue weighted by atomic mass is 10.1. The number of hydrogen-bond donors (Lipinski definition) is 0. The summed E-state index contributed by atoms with van der Waals surface area (Å²) in [5.74, 6) is 2.95. The molecule has 0 bridgehead atoms. The van der Waals surface area contributed by atoms with E-state index in [2.05, 4.69) is 30.8 Å². The van der Waals surface area contributed by atoms with E-state index in [-0.39, 0.29) is 24.5 Å². The predicted octanol–water partition coefficient (Wildman–Crippen LogP) is 3.06. The van der Waals surface area contributed by atoms with Crippen molar-refractivity contribution in [2.45, 2.75) is 91.6 Å². The Morgan fingerprint density at radius 3 is 1.35 bits per heavy atom. The Labute approximate surface area is 301 Å². The number of aromatic nitrogens is 12. The summed E-state index contributed by atoms with van der Waals surface area (Å²) in [6, 6.07) is 15.7. The minimum Gasteiger partial charge on any atom is -0.497 e. The van der Waals surface area contributed by atoms with Crippen LogP contribution in [-0.2, 0) is 52.1 Å². The van der Waals surface area contributed by atoms with Crippen molar-refractivity contribution in [3.8, 4) is 11.5 Å². The van der Waals surface area contributed by atoms with Crippen LogP contribution in [-0.4, -0.2) is 72.9 Å². The van der Waals surface area contributed by atoms with E-state index in [4.69, 9.17) is 9.47 Å². The molecule has 52 heavy (non-hydrogen) atoms. The molecule has 16 heteroatoms. The summed E-state index contributed by atoms with van der Waals surface area (Å²) in [7, 11) is 3.29. The van der Waals surface area contributed by atoms with Crippen molar-refractivity contribution in [2.75, 3.05) is 14.2 Å². The number of aryl methyl sites for hydroxylation is 6. The molecule has 4 heterocycles. The van der Waals surface area contributed by atoms with Gasteiger partial charge < -0.3 is 9.47 Å². The molecule has 0 amide bonds. The molecule has 274 valence electrons. The Morgan fingerprint density at radius 2 is 0.962 bits per heavy atom. The molecule has 0 unspecified atom stereocenters. The van der Waals surface area contributed by atoms with Crippen molar-refractivity contribution in [2.24, 2.45) is 0 Å². The zero-order valence-corrected chi connectivity index (χ0v) is 30.3. The van der Waals surface area contributed by atoms with Crippen molar-refractivity contribution in [3.05, 3.63) is 116 Å². The van der Waals surface area contributed by atoms with Crippen LogP contribution in [0.15, 0.2) is 70.5 Å². The molecule has 2 aromatic carbocycles. The fourth-order valence-electron chi connectivity index (χ4n) is 6.13. The van der Waals surface area contributed by atoms with Gasteiger partial charge in [0.15, 0.2) is 0 Å². The zero-order valence-electron chi connectivity index (χ0n) is 30.3. The first kappa shape index (κ1) is 36.0. The van der Waals surface area contributed by atoms with Crippen molar-refractivity contribution < 1.29 is 9.47 Å². The quantitative estimate of drug-likeness (QED) is 0.114. The maximum atomic E-state index is 13.0. The van der Waals surface area contributed by atoms with Crippen LogP contribution in [0.4, 0.5) is 0 Å². The van der Waals surface area contributed by atoms with Crippen LogP contribution in [0, 0.1) is 13.8 Å². The highest BCUT2D eigenvalue weighted by molar-refractivity contribution is 5.28. The third-order valence-corrected chi connectivity index (χ3v) is 9.10. The third kappa shape index (κ3) is 9.10. The molecule has 0 spiro atoms. The highest BCUT2D eigenvalue weighted by atomic mass is 16.5. The van der Waals surface area contributed by atoms with E-state index in [9.17, 15) is 9.59 Å². The average molecular weight is 711 g/mol. The molecule has 16 nitrogen and oxygen atoms in total. The van der Waals surface area contributed by atoms with E-state index in [1.165, 1.54) is 9.36 Å². The molecule has 4 aromatic heterocycles. The summed E-state index contributed by atoms with van der Waals surface area (Å²) in [5.41, 5.74) is 3.33. The van der Waals surface area contributed by atoms with Gasteiger partial charge in [0.1, 0.15) is 34.5 Å². The van der Waals surface area contributed by atoms with Crippen LogP contribution >= 0.6 is 0 Å². The van der Waals surface area contributed by atoms with E-state index < -0.39 is 0 Å². The smallest absolute Gasteiger partial charge is 0.346 e. The first-order valence-corrected chi connectivity index (χ1v) is 17.6. The van der Waals surface area contributed by atoms with Gasteiger partial charge in [-0.1, -0.05) is 47.5 Å². The molecule has 0 saturated heterocycles. The molecule has 0 aliphatic heterocycles. The normalized spacial score (nSPS) is 11.4. The fourth-order valence-corrected chi connectivity index (χ4v) is 6.13. The van der Waals surface area contributed by atoms with Gasteiger partial charge in [-0.2, -0.15) is 10.2 Å². The maximum absolute atomic E-state index is 13.0. The van der Waals surface area contributed by atoms with Gasteiger partial charge in [0.2, 0.25) is 0 Å². The van der Waals surface area contributed by atoms with Crippen molar-refractivity contribution in [1.29, 1.82) is 0 Å². The van der Waals surface area contributed by atoms with E-state index in [0.717, 1.165) is 74.2 Å². The lowest BCUT2D eigenvalue weighted by Gasteiger charge is -2.05. The average Bonchev–Trinajstić information content (AvgIpc) is 3.92. The van der Waals surface area contributed by atoms with Gasteiger partial charge in [-0.15, -0.1) is 10.2 Å². The molecule has 0 atom stereocenters. The first-order chi connectivity index (χ1) is 25.3. The highest BCUT2D eigenvalue weighted by Gasteiger charge is 2.14. The Bertz CT molecular complexity index is 2000. The second kappa shape index (κ2) is 16.9. The monoisotopic (exact) mass is 710 g/mol. The number of methoxy groups -OCH3 is 2. The molecule has 6 rings (SSSR count). The Hall–Kier alpha value is -5.80. The molecular formula is C36H46N12O4. The second-order valence-corrected chi connectivity index (χ2v) is 12.8. The molecule has 0 aliphatic rings. The molecular weight excluding hydrogens is 664 g/mol. The zero-order chi connectivity index (χ0) is 36.5. The molecule has 0 radical (unpaired) electrons. The van der Waals surface area contributed by atoms with Crippen LogP contribution in [0.5, 0.6) is 11.5 Å². The van der Waals surface area contributed by atoms with Gasteiger partial charge in [-0.25, -0.2) is 19.0 Å². The molecule has 6 aromatic rings. The molecule has 0 fully saturated rings. The summed E-state index contributed by atoms with van der Waals surface area (Å²) in [6.45, 7) is 6.81. The number of nitrogens with zero attached hydrogens (tertiary/aromatic N) is 12. The summed E-state index contributed by atoms with van der Waals surface area (Å²) in [4.78, 5) is 26.1. The van der Waals surface area contributed by atoms with Crippen LogP contribution in [0.3, 0.4) is 0 Å². The number of rotatable bonds is 19. The fraction of sp³-hybridized carbons (Fsp3) is 0.444. The number of ether oxygens (including phenoxy) is 2. The van der Waals surface area contributed by atoms with E-state index in [1.807, 2.05) is 84.1 Å². The van der Waals surface area contributed by atoms with Crippen LogP contribution < -0.4 is 20.9 Å². The van der Waals surface area contributed by atoms with Gasteiger partial charge >= 0.3 is 11.4 Å². The summed E-state index contributed by atoms with van der Waals surface area (Å²) in [5, 5.41) is 26.0. The van der Waals surface area contributed by atoms with Crippen LogP contribution in [0.1, 0.15) is 59.8 Å². The predicted molar refractivity (Wildman–Crippen MR) is 193 cm³/mol. The third-order valence-electron chi connectivity index (χ3n) is 9.10. The van der Waals surface area contributed by atoms with Gasteiger partial charge in [-0.3, -0.25) is 18.5 Å². The Morgan fingerprint density at radius 1 is 0.558 bits per heavy atom. The minimum absolute atomic E-state index is 0.156. The number of benzene rings is 2. The van der Waals surface area contributed by atoms with Crippen molar-refractivity contribution in [3.63, 3.8) is 0 Å². The van der Waals surface area contributed by atoms with Gasteiger partial charge in [0.25, 0.3) is 0 Å². The SMILES string of the molecule is COc1ccc(CCn2c(C)nn(Cc3cn(CCCCCCn4cc(Cn5nc(C)n(CCc6ccc(OC)cc6)c5=O)nn4)nn3)c2=O)cc1. The Balaban J connectivity index is 0.895. The largest absolute Gasteiger partial charge is 0.497 e. The summed E-state index contributed by atoms with van der Waals surface area (Å²) >= 11 is 0. The number of hydrogen-bond acceptors (Lipinski definition) is 10. The first-order valence-electron chi connectivity index (χ1n) is 17.6. The Kier molecular flexibility index (Phi) is 11.7. The summed E-state index contributed by atoms with van der Waals surface area (Å²) in [6.07, 6.45) is 9.15. The maximum Gasteiger partial charge on any atom is 0.346 e. The summed E-state index contributed by atoms with van der Waals surface area (Å²) < 4.78 is 20.4. The molecule has 0 N–H and O–H groups in total.